The summed E-state index contributed by atoms with van der Waals surface area (Å²) < 4.78 is 20.3. The smallest absolute Gasteiger partial charge is 0.321 e. The molecular weight excluding hydrogens is 295 g/mol. The maximum atomic E-state index is 13.1. The van der Waals surface area contributed by atoms with Crippen molar-refractivity contribution in [3.05, 3.63) is 73.1 Å². The first-order chi connectivity index (χ1) is 11.3. The molecule has 1 aromatic carbocycles. The highest BCUT2D eigenvalue weighted by Crippen LogP contribution is 2.22. The lowest BCUT2D eigenvalue weighted by Crippen LogP contribution is -1.93. The molecule has 0 aliphatic heterocycles. The highest BCUT2D eigenvalue weighted by atomic mass is 19.1. The number of benzene rings is 1. The summed E-state index contributed by atoms with van der Waals surface area (Å²) in [5.74, 6) is -0.0117. The van der Waals surface area contributed by atoms with Crippen LogP contribution in [0, 0.1) is 5.82 Å². The summed E-state index contributed by atoms with van der Waals surface area (Å²) in [6.45, 7) is 0. The molecule has 0 bridgehead atoms. The van der Waals surface area contributed by atoms with E-state index in [1.807, 2.05) is 24.4 Å². The molecule has 3 heterocycles. The van der Waals surface area contributed by atoms with Crippen LogP contribution >= 0.6 is 0 Å². The first kappa shape index (κ1) is 13.4. The normalized spacial score (nSPS) is 10.8. The molecule has 6 heteroatoms. The van der Waals surface area contributed by atoms with Crippen molar-refractivity contribution < 1.29 is 9.13 Å². The molecule has 4 rings (SSSR count). The first-order valence-corrected chi connectivity index (χ1v) is 6.97. The predicted octanol–water partition coefficient (Wildman–Crippen LogP) is 3.72. The van der Waals surface area contributed by atoms with Crippen LogP contribution in [0.4, 0.5) is 4.39 Å². The number of hydrogen-bond donors (Lipinski definition) is 0. The third-order valence-electron chi connectivity index (χ3n) is 3.36. The second kappa shape index (κ2) is 5.49. The third-order valence-corrected chi connectivity index (χ3v) is 3.36. The van der Waals surface area contributed by atoms with Gasteiger partial charge >= 0.3 is 6.01 Å². The predicted molar refractivity (Wildman–Crippen MR) is 82.7 cm³/mol. The monoisotopic (exact) mass is 306 g/mol. The van der Waals surface area contributed by atoms with Crippen molar-refractivity contribution in [1.82, 2.24) is 19.6 Å². The summed E-state index contributed by atoms with van der Waals surface area (Å²) in [7, 11) is 0. The van der Waals surface area contributed by atoms with Crippen molar-refractivity contribution in [2.75, 3.05) is 0 Å². The van der Waals surface area contributed by atoms with E-state index >= 15 is 0 Å². The van der Waals surface area contributed by atoms with Crippen molar-refractivity contribution >= 4 is 5.52 Å². The van der Waals surface area contributed by atoms with E-state index in [1.54, 1.807) is 35.2 Å². The summed E-state index contributed by atoms with van der Waals surface area (Å²) >= 11 is 0. The minimum atomic E-state index is -0.369. The van der Waals surface area contributed by atoms with Crippen LogP contribution in [0.25, 0.3) is 16.6 Å². The fourth-order valence-corrected chi connectivity index (χ4v) is 2.24. The molecule has 0 spiro atoms. The van der Waals surface area contributed by atoms with Crippen LogP contribution in [-0.4, -0.2) is 19.6 Å². The van der Waals surface area contributed by atoms with Gasteiger partial charge in [0.05, 0.1) is 5.52 Å². The number of aromatic nitrogens is 4. The maximum absolute atomic E-state index is 13.1. The molecule has 4 aromatic rings. The van der Waals surface area contributed by atoms with E-state index in [-0.39, 0.29) is 11.8 Å². The molecule has 0 saturated carbocycles. The van der Waals surface area contributed by atoms with Crippen molar-refractivity contribution in [3.63, 3.8) is 0 Å². The Morgan fingerprint density at radius 3 is 2.65 bits per heavy atom. The van der Waals surface area contributed by atoms with Crippen LogP contribution < -0.4 is 4.74 Å². The summed E-state index contributed by atoms with van der Waals surface area (Å²) in [6, 6.07) is 11.9. The van der Waals surface area contributed by atoms with Gasteiger partial charge in [-0.2, -0.15) is 5.10 Å². The Morgan fingerprint density at radius 1 is 0.957 bits per heavy atom. The molecule has 0 amide bonds. The Morgan fingerprint density at radius 2 is 1.83 bits per heavy atom. The van der Waals surface area contributed by atoms with Crippen LogP contribution in [-0.2, 0) is 0 Å². The Bertz CT molecular complexity index is 966. The van der Waals surface area contributed by atoms with Gasteiger partial charge in [0.2, 0.25) is 0 Å². The van der Waals surface area contributed by atoms with E-state index < -0.39 is 0 Å². The summed E-state index contributed by atoms with van der Waals surface area (Å²) in [4.78, 5) is 8.32. The largest absolute Gasteiger partial charge is 0.424 e. The van der Waals surface area contributed by atoms with Crippen LogP contribution in [0.15, 0.2) is 67.3 Å². The van der Waals surface area contributed by atoms with Crippen LogP contribution in [0.2, 0.25) is 0 Å². The van der Waals surface area contributed by atoms with Crippen molar-refractivity contribution in [2.24, 2.45) is 0 Å². The number of rotatable bonds is 3. The third kappa shape index (κ3) is 2.74. The highest BCUT2D eigenvalue weighted by molar-refractivity contribution is 5.63. The van der Waals surface area contributed by atoms with E-state index in [0.717, 1.165) is 16.6 Å². The molecule has 23 heavy (non-hydrogen) atoms. The Balaban J connectivity index is 1.59. The SMILES string of the molecule is Fc1cccc(Oc2ncc(-c3ccc4ccnn4c3)cn2)c1. The zero-order valence-electron chi connectivity index (χ0n) is 11.9. The fourth-order valence-electron chi connectivity index (χ4n) is 2.24. The number of halogens is 1. The van der Waals surface area contributed by atoms with Crippen molar-refractivity contribution in [1.29, 1.82) is 0 Å². The molecule has 0 fully saturated rings. The molecule has 5 nitrogen and oxygen atoms in total. The van der Waals surface area contributed by atoms with Gasteiger partial charge in [-0.25, -0.2) is 18.9 Å². The topological polar surface area (TPSA) is 52.3 Å². The van der Waals surface area contributed by atoms with E-state index in [1.165, 1.54) is 12.1 Å². The standard InChI is InChI=1S/C17H11FN4O/c18-14-2-1-3-16(8-14)23-17-19-9-13(10-20-17)12-4-5-15-6-7-21-22(15)11-12/h1-11H. The van der Waals surface area contributed by atoms with Gasteiger partial charge in [0.1, 0.15) is 11.6 Å². The second-order valence-electron chi connectivity index (χ2n) is 4.93. The zero-order valence-corrected chi connectivity index (χ0v) is 11.9. The van der Waals surface area contributed by atoms with Crippen LogP contribution in [0.3, 0.4) is 0 Å². The lowest BCUT2D eigenvalue weighted by atomic mass is 10.1. The number of pyridine rings is 1. The van der Waals surface area contributed by atoms with Gasteiger partial charge in [-0.3, -0.25) is 0 Å². The van der Waals surface area contributed by atoms with Crippen LogP contribution in [0.1, 0.15) is 0 Å². The number of fused-ring (bicyclic) bond motifs is 1. The maximum Gasteiger partial charge on any atom is 0.321 e. The Kier molecular flexibility index (Phi) is 3.20. The minimum absolute atomic E-state index is 0.166. The molecule has 3 aromatic heterocycles. The molecule has 0 aliphatic rings. The molecule has 0 N–H and O–H groups in total. The Hall–Kier alpha value is -3.28. The molecular formula is C17H11FN4O. The fraction of sp³-hybridized carbons (Fsp3) is 0. The minimum Gasteiger partial charge on any atom is -0.424 e. The average Bonchev–Trinajstić information content (AvgIpc) is 3.03. The lowest BCUT2D eigenvalue weighted by molar-refractivity contribution is 0.438. The molecule has 0 radical (unpaired) electrons. The number of hydrogen-bond acceptors (Lipinski definition) is 4. The summed E-state index contributed by atoms with van der Waals surface area (Å²) in [5.41, 5.74) is 2.80. The van der Waals surface area contributed by atoms with Gasteiger partial charge in [0, 0.05) is 42.0 Å². The van der Waals surface area contributed by atoms with Crippen molar-refractivity contribution in [2.45, 2.75) is 0 Å². The summed E-state index contributed by atoms with van der Waals surface area (Å²) in [6.07, 6.45) is 6.96. The summed E-state index contributed by atoms with van der Waals surface area (Å²) in [5, 5.41) is 4.20. The molecule has 112 valence electrons. The Labute approximate surface area is 131 Å². The van der Waals surface area contributed by atoms with Gasteiger partial charge in [-0.15, -0.1) is 0 Å². The van der Waals surface area contributed by atoms with Gasteiger partial charge < -0.3 is 4.74 Å². The van der Waals surface area contributed by atoms with Crippen molar-refractivity contribution in [3.8, 4) is 22.9 Å². The second-order valence-corrected chi connectivity index (χ2v) is 4.93. The number of nitrogens with zero attached hydrogens (tertiary/aromatic N) is 4. The van der Waals surface area contributed by atoms with E-state index in [2.05, 4.69) is 15.1 Å². The van der Waals surface area contributed by atoms with Gasteiger partial charge in [0.15, 0.2) is 0 Å². The van der Waals surface area contributed by atoms with Crippen LogP contribution in [0.5, 0.6) is 11.8 Å². The van der Waals surface area contributed by atoms with E-state index in [9.17, 15) is 4.39 Å². The number of ether oxygens (including phenoxy) is 1. The molecule has 0 atom stereocenters. The quantitative estimate of drug-likeness (QED) is 0.579. The first-order valence-electron chi connectivity index (χ1n) is 6.97. The van der Waals surface area contributed by atoms with Gasteiger partial charge in [-0.05, 0) is 24.3 Å². The lowest BCUT2D eigenvalue weighted by Gasteiger charge is -2.05. The molecule has 0 saturated heterocycles. The zero-order chi connectivity index (χ0) is 15.6. The van der Waals surface area contributed by atoms with Gasteiger partial charge in [0.25, 0.3) is 0 Å². The molecule has 0 aliphatic carbocycles. The molecule has 0 unspecified atom stereocenters. The average molecular weight is 306 g/mol. The van der Waals surface area contributed by atoms with E-state index in [0.29, 0.717) is 5.75 Å². The van der Waals surface area contributed by atoms with E-state index in [4.69, 9.17) is 4.74 Å². The van der Waals surface area contributed by atoms with Gasteiger partial charge in [-0.1, -0.05) is 12.1 Å². The highest BCUT2D eigenvalue weighted by Gasteiger charge is 2.05.